The summed E-state index contributed by atoms with van der Waals surface area (Å²) in [7, 11) is 0. The third-order valence-corrected chi connectivity index (χ3v) is 4.70. The zero-order valence-corrected chi connectivity index (χ0v) is 16.5. The minimum atomic E-state index is -0.373. The van der Waals surface area contributed by atoms with Crippen molar-refractivity contribution in [1.29, 1.82) is 0 Å². The minimum Gasteiger partial charge on any atom is -0.351 e. The summed E-state index contributed by atoms with van der Waals surface area (Å²) in [5, 5.41) is 6.31. The van der Waals surface area contributed by atoms with Crippen molar-refractivity contribution in [2.75, 3.05) is 18.1 Å². The first-order chi connectivity index (χ1) is 12.4. The summed E-state index contributed by atoms with van der Waals surface area (Å²) in [5.74, 6) is -0.458. The van der Waals surface area contributed by atoms with Gasteiger partial charge in [0, 0.05) is 18.7 Å². The number of halogens is 1. The van der Waals surface area contributed by atoms with Crippen LogP contribution < -0.4 is 10.6 Å². The number of nitrogens with one attached hydrogen (secondary N) is 2. The number of carbonyl (C=O) groups is 2. The third kappa shape index (κ3) is 5.44. The zero-order chi connectivity index (χ0) is 19.1. The van der Waals surface area contributed by atoms with Crippen LogP contribution in [0, 0.1) is 13.8 Å². The lowest BCUT2D eigenvalue weighted by Crippen LogP contribution is -2.27. The normalized spacial score (nSPS) is 10.5. The number of aryl methyl sites for hydroxylation is 1. The van der Waals surface area contributed by atoms with E-state index in [0.29, 0.717) is 24.5 Å². The average Bonchev–Trinajstić information content (AvgIpc) is 2.63. The Morgan fingerprint density at radius 3 is 2.77 bits per heavy atom. The Morgan fingerprint density at radius 2 is 2.04 bits per heavy atom. The highest BCUT2D eigenvalue weighted by Gasteiger charge is 2.14. The number of hydrogen-bond acceptors (Lipinski definition) is 5. The zero-order valence-electron chi connectivity index (χ0n) is 14.9. The number of hydrogen-bond donors (Lipinski definition) is 2. The number of amides is 2. The maximum atomic E-state index is 12.2. The molecular weight excluding hydrogens is 372 g/mol. The van der Waals surface area contributed by atoms with Gasteiger partial charge in [-0.25, -0.2) is 9.97 Å². The second kappa shape index (κ2) is 9.54. The average molecular weight is 393 g/mol. The molecule has 0 saturated heterocycles. The van der Waals surface area contributed by atoms with E-state index >= 15 is 0 Å². The van der Waals surface area contributed by atoms with Gasteiger partial charge in [-0.2, -0.15) is 0 Å². The first-order valence-electron chi connectivity index (χ1n) is 8.13. The van der Waals surface area contributed by atoms with Gasteiger partial charge in [-0.15, -0.1) is 0 Å². The molecule has 0 aliphatic carbocycles. The molecule has 2 amide bonds. The Balaban J connectivity index is 1.80. The first kappa shape index (κ1) is 20.2. The van der Waals surface area contributed by atoms with Crippen LogP contribution in [0.5, 0.6) is 0 Å². The molecule has 0 spiro atoms. The monoisotopic (exact) mass is 392 g/mol. The van der Waals surface area contributed by atoms with Crippen LogP contribution in [0.1, 0.15) is 34.5 Å². The van der Waals surface area contributed by atoms with Crippen LogP contribution in [-0.2, 0) is 4.79 Å². The molecule has 0 bridgehead atoms. The van der Waals surface area contributed by atoms with Crippen molar-refractivity contribution >= 4 is 40.9 Å². The number of rotatable bonds is 7. The van der Waals surface area contributed by atoms with Crippen LogP contribution >= 0.6 is 23.4 Å². The Labute approximate surface area is 162 Å². The Kier molecular flexibility index (Phi) is 7.41. The van der Waals surface area contributed by atoms with E-state index in [2.05, 4.69) is 20.6 Å². The molecule has 6 nitrogen and oxygen atoms in total. The molecule has 26 heavy (non-hydrogen) atoms. The van der Waals surface area contributed by atoms with Gasteiger partial charge in [0.05, 0.1) is 11.2 Å². The third-order valence-electron chi connectivity index (χ3n) is 3.86. The van der Waals surface area contributed by atoms with Gasteiger partial charge in [-0.1, -0.05) is 35.5 Å². The van der Waals surface area contributed by atoms with Gasteiger partial charge >= 0.3 is 0 Å². The van der Waals surface area contributed by atoms with Crippen LogP contribution in [-0.4, -0.2) is 34.6 Å². The molecule has 2 rings (SSSR count). The van der Waals surface area contributed by atoms with E-state index in [9.17, 15) is 9.59 Å². The van der Waals surface area contributed by atoms with Crippen molar-refractivity contribution in [2.45, 2.75) is 31.8 Å². The van der Waals surface area contributed by atoms with Gasteiger partial charge < -0.3 is 10.6 Å². The largest absolute Gasteiger partial charge is 0.351 e. The highest BCUT2D eigenvalue weighted by molar-refractivity contribution is 7.98. The molecule has 0 unspecified atom stereocenters. The molecule has 1 heterocycles. The summed E-state index contributed by atoms with van der Waals surface area (Å²) in [6.45, 7) is 4.33. The predicted molar refractivity (Wildman–Crippen MR) is 105 cm³/mol. The summed E-state index contributed by atoms with van der Waals surface area (Å²) >= 11 is 7.30. The molecule has 0 aliphatic rings. The van der Waals surface area contributed by atoms with Crippen LogP contribution in [0.15, 0.2) is 29.6 Å². The standard InChI is InChI=1S/C18H21ClN4O2S/c1-11-6-4-7-14(12(11)2)22-15(24)8-5-9-20-17(25)16-13(19)10-21-18(23-16)26-3/h4,6-7,10H,5,8-9H2,1-3H3,(H,20,25)(H,22,24). The first-order valence-corrected chi connectivity index (χ1v) is 9.73. The van der Waals surface area contributed by atoms with E-state index in [1.165, 1.54) is 18.0 Å². The number of thioether (sulfide) groups is 1. The number of nitrogens with zero attached hydrogens (tertiary/aromatic N) is 2. The predicted octanol–water partition coefficient (Wildman–Crippen LogP) is 3.62. The lowest BCUT2D eigenvalue weighted by Gasteiger charge is -2.10. The van der Waals surface area contributed by atoms with E-state index in [-0.39, 0.29) is 22.5 Å². The molecule has 0 radical (unpaired) electrons. The molecular formula is C18H21ClN4O2S. The molecule has 1 aromatic carbocycles. The van der Waals surface area contributed by atoms with E-state index in [1.54, 1.807) is 0 Å². The molecule has 2 N–H and O–H groups in total. The van der Waals surface area contributed by atoms with Crippen molar-refractivity contribution in [3.05, 3.63) is 46.2 Å². The number of benzene rings is 1. The van der Waals surface area contributed by atoms with Crippen molar-refractivity contribution in [1.82, 2.24) is 15.3 Å². The fourth-order valence-corrected chi connectivity index (χ4v) is 2.76. The fourth-order valence-electron chi connectivity index (χ4n) is 2.24. The van der Waals surface area contributed by atoms with E-state index in [4.69, 9.17) is 11.6 Å². The molecule has 138 valence electrons. The van der Waals surface area contributed by atoms with Gasteiger partial charge in [-0.3, -0.25) is 9.59 Å². The molecule has 0 saturated carbocycles. The molecule has 1 aromatic heterocycles. The van der Waals surface area contributed by atoms with Gasteiger partial charge in [0.15, 0.2) is 10.9 Å². The van der Waals surface area contributed by atoms with E-state index < -0.39 is 0 Å². The summed E-state index contributed by atoms with van der Waals surface area (Å²) < 4.78 is 0. The summed E-state index contributed by atoms with van der Waals surface area (Å²) in [6.07, 6.45) is 4.05. The lowest BCUT2D eigenvalue weighted by molar-refractivity contribution is -0.116. The number of aromatic nitrogens is 2. The maximum absolute atomic E-state index is 12.2. The molecule has 2 aromatic rings. The van der Waals surface area contributed by atoms with Gasteiger partial charge in [0.25, 0.3) is 5.91 Å². The van der Waals surface area contributed by atoms with Crippen LogP contribution in [0.25, 0.3) is 0 Å². The Hall–Kier alpha value is -2.12. The molecule has 0 atom stereocenters. The van der Waals surface area contributed by atoms with Gasteiger partial charge in [0.1, 0.15) is 0 Å². The molecule has 8 heteroatoms. The summed E-state index contributed by atoms with van der Waals surface area (Å²) in [4.78, 5) is 32.3. The van der Waals surface area contributed by atoms with Gasteiger partial charge in [-0.05, 0) is 43.7 Å². The fraction of sp³-hybridized carbons (Fsp3) is 0.333. The number of anilines is 1. The highest BCUT2D eigenvalue weighted by atomic mass is 35.5. The van der Waals surface area contributed by atoms with Crippen molar-refractivity contribution in [2.24, 2.45) is 0 Å². The molecule has 0 aliphatic heterocycles. The second-order valence-electron chi connectivity index (χ2n) is 5.71. The second-order valence-corrected chi connectivity index (χ2v) is 6.89. The van der Waals surface area contributed by atoms with Crippen molar-refractivity contribution in [3.8, 4) is 0 Å². The quantitative estimate of drug-likeness (QED) is 0.427. The summed E-state index contributed by atoms with van der Waals surface area (Å²) in [6, 6.07) is 5.79. The topological polar surface area (TPSA) is 84.0 Å². The lowest BCUT2D eigenvalue weighted by atomic mass is 10.1. The Bertz CT molecular complexity index is 814. The van der Waals surface area contributed by atoms with Crippen LogP contribution in [0.3, 0.4) is 0 Å². The van der Waals surface area contributed by atoms with Crippen LogP contribution in [0.4, 0.5) is 5.69 Å². The molecule has 0 fully saturated rings. The van der Waals surface area contributed by atoms with Crippen molar-refractivity contribution in [3.63, 3.8) is 0 Å². The van der Waals surface area contributed by atoms with Crippen molar-refractivity contribution < 1.29 is 9.59 Å². The van der Waals surface area contributed by atoms with E-state index in [1.807, 2.05) is 38.3 Å². The Morgan fingerprint density at radius 1 is 1.27 bits per heavy atom. The highest BCUT2D eigenvalue weighted by Crippen LogP contribution is 2.18. The smallest absolute Gasteiger partial charge is 0.271 e. The number of carbonyl (C=O) groups excluding carboxylic acids is 2. The summed E-state index contributed by atoms with van der Waals surface area (Å²) in [5.41, 5.74) is 3.14. The van der Waals surface area contributed by atoms with Crippen LogP contribution in [0.2, 0.25) is 5.02 Å². The maximum Gasteiger partial charge on any atom is 0.271 e. The van der Waals surface area contributed by atoms with E-state index in [0.717, 1.165) is 16.8 Å². The SMILES string of the molecule is CSc1ncc(Cl)c(C(=O)NCCCC(=O)Nc2cccc(C)c2C)n1. The minimum absolute atomic E-state index is 0.0855. The van der Waals surface area contributed by atoms with Gasteiger partial charge in [0.2, 0.25) is 5.91 Å².